The molecule has 0 spiro atoms. The lowest BCUT2D eigenvalue weighted by molar-refractivity contribution is 0.0867. The normalized spacial score (nSPS) is 23.8. The Balaban J connectivity index is 1.93. The van der Waals surface area contributed by atoms with Crippen LogP contribution in [0.25, 0.3) is 0 Å². The van der Waals surface area contributed by atoms with Crippen LogP contribution in [0.2, 0.25) is 0 Å². The van der Waals surface area contributed by atoms with Crippen LogP contribution in [-0.2, 0) is 4.74 Å². The molecule has 0 aliphatic carbocycles. The molecule has 0 saturated carbocycles. The van der Waals surface area contributed by atoms with Gasteiger partial charge in [-0.25, -0.2) is 4.39 Å². The first-order valence-electron chi connectivity index (χ1n) is 7.34. The Morgan fingerprint density at radius 2 is 2.30 bits per heavy atom. The molecule has 1 aliphatic rings. The number of nitrogens with one attached hydrogen (secondary N) is 1. The molecule has 0 radical (unpaired) electrons. The molecule has 2 rings (SSSR count). The fraction of sp³-hybridized carbons (Fsp3) is 0.625. The summed E-state index contributed by atoms with van der Waals surface area (Å²) in [6.45, 7) is 5.85. The molecule has 0 amide bonds. The van der Waals surface area contributed by atoms with Crippen molar-refractivity contribution in [1.29, 1.82) is 0 Å². The second kappa shape index (κ2) is 7.04. The molecule has 1 aromatic carbocycles. The van der Waals surface area contributed by atoms with Gasteiger partial charge in [0.1, 0.15) is 11.6 Å². The van der Waals surface area contributed by atoms with E-state index in [0.717, 1.165) is 26.0 Å². The van der Waals surface area contributed by atoms with Gasteiger partial charge in [0.2, 0.25) is 0 Å². The van der Waals surface area contributed by atoms with E-state index in [9.17, 15) is 4.39 Å². The zero-order valence-corrected chi connectivity index (χ0v) is 12.5. The highest BCUT2D eigenvalue weighted by Crippen LogP contribution is 2.25. The van der Waals surface area contributed by atoms with Crippen molar-refractivity contribution in [2.45, 2.75) is 38.8 Å². The van der Waals surface area contributed by atoms with E-state index in [1.807, 2.05) is 6.92 Å². The molecule has 3 unspecified atom stereocenters. The van der Waals surface area contributed by atoms with Crippen molar-refractivity contribution in [3.8, 4) is 5.75 Å². The van der Waals surface area contributed by atoms with Gasteiger partial charge >= 0.3 is 0 Å². The predicted octanol–water partition coefficient (Wildman–Crippen LogP) is 3.30. The molecule has 1 N–H and O–H groups in total. The molecule has 0 aromatic heterocycles. The van der Waals surface area contributed by atoms with Gasteiger partial charge in [-0.1, -0.05) is 13.0 Å². The van der Waals surface area contributed by atoms with E-state index in [4.69, 9.17) is 9.47 Å². The lowest BCUT2D eigenvalue weighted by Crippen LogP contribution is -2.30. The van der Waals surface area contributed by atoms with E-state index in [0.29, 0.717) is 23.3 Å². The third kappa shape index (κ3) is 3.49. The number of halogens is 1. The van der Waals surface area contributed by atoms with E-state index in [1.54, 1.807) is 19.2 Å². The maximum absolute atomic E-state index is 14.0. The second-order valence-electron chi connectivity index (χ2n) is 5.38. The lowest BCUT2D eigenvalue weighted by Gasteiger charge is -2.21. The summed E-state index contributed by atoms with van der Waals surface area (Å²) in [7, 11) is 1.54. The molecule has 1 saturated heterocycles. The zero-order chi connectivity index (χ0) is 14.5. The maximum Gasteiger partial charge on any atom is 0.131 e. The maximum atomic E-state index is 14.0. The van der Waals surface area contributed by atoms with Crippen LogP contribution in [0.15, 0.2) is 18.2 Å². The molecule has 1 fully saturated rings. The van der Waals surface area contributed by atoms with Gasteiger partial charge in [-0.05, 0) is 31.7 Å². The summed E-state index contributed by atoms with van der Waals surface area (Å²) in [6.07, 6.45) is 2.47. The van der Waals surface area contributed by atoms with Crippen molar-refractivity contribution in [1.82, 2.24) is 5.32 Å². The van der Waals surface area contributed by atoms with Crippen LogP contribution >= 0.6 is 0 Å². The minimum Gasteiger partial charge on any atom is -0.497 e. The van der Waals surface area contributed by atoms with Crippen molar-refractivity contribution in [3.63, 3.8) is 0 Å². The Hall–Kier alpha value is -1.13. The van der Waals surface area contributed by atoms with Crippen molar-refractivity contribution in [2.24, 2.45) is 5.92 Å². The number of methoxy groups -OCH3 is 1. The van der Waals surface area contributed by atoms with Crippen molar-refractivity contribution in [3.05, 3.63) is 29.6 Å². The standard InChI is InChI=1S/C16H24FNO2/c1-4-16-12(7-8-20-16)10-18-11(2)14-6-5-13(19-3)9-15(14)17/h5-6,9,11-12,16,18H,4,7-8,10H2,1-3H3. The first kappa shape index (κ1) is 15.3. The fourth-order valence-electron chi connectivity index (χ4n) is 2.80. The van der Waals surface area contributed by atoms with Gasteiger partial charge in [0, 0.05) is 30.8 Å². The number of hydrogen-bond acceptors (Lipinski definition) is 3. The Kier molecular flexibility index (Phi) is 5.38. The highest BCUT2D eigenvalue weighted by atomic mass is 19.1. The van der Waals surface area contributed by atoms with Crippen molar-refractivity contribution in [2.75, 3.05) is 20.3 Å². The number of benzene rings is 1. The molecule has 1 aromatic rings. The number of rotatable bonds is 6. The van der Waals surface area contributed by atoms with Crippen LogP contribution in [0, 0.1) is 11.7 Å². The monoisotopic (exact) mass is 281 g/mol. The lowest BCUT2D eigenvalue weighted by atomic mass is 9.98. The Morgan fingerprint density at radius 3 is 2.95 bits per heavy atom. The van der Waals surface area contributed by atoms with Gasteiger partial charge in [-0.3, -0.25) is 0 Å². The van der Waals surface area contributed by atoms with Crippen LogP contribution in [0.3, 0.4) is 0 Å². The molecule has 0 bridgehead atoms. The summed E-state index contributed by atoms with van der Waals surface area (Å²) in [5.41, 5.74) is 0.678. The Bertz CT molecular complexity index is 438. The van der Waals surface area contributed by atoms with Gasteiger partial charge in [-0.2, -0.15) is 0 Å². The third-order valence-electron chi connectivity index (χ3n) is 4.11. The largest absolute Gasteiger partial charge is 0.497 e. The van der Waals surface area contributed by atoms with E-state index in [-0.39, 0.29) is 11.9 Å². The van der Waals surface area contributed by atoms with E-state index < -0.39 is 0 Å². The molecule has 4 heteroatoms. The molecular formula is C16H24FNO2. The minimum absolute atomic E-state index is 0.0148. The summed E-state index contributed by atoms with van der Waals surface area (Å²) in [5.74, 6) is 0.858. The smallest absolute Gasteiger partial charge is 0.131 e. The first-order chi connectivity index (χ1) is 9.65. The van der Waals surface area contributed by atoms with Crippen molar-refractivity contribution < 1.29 is 13.9 Å². The summed E-state index contributed by atoms with van der Waals surface area (Å²) >= 11 is 0. The predicted molar refractivity (Wildman–Crippen MR) is 77.5 cm³/mol. The number of ether oxygens (including phenoxy) is 2. The molecule has 3 atom stereocenters. The molecular weight excluding hydrogens is 257 g/mol. The average Bonchev–Trinajstić information content (AvgIpc) is 2.92. The average molecular weight is 281 g/mol. The van der Waals surface area contributed by atoms with Crippen molar-refractivity contribution >= 4 is 0 Å². The Morgan fingerprint density at radius 1 is 1.50 bits per heavy atom. The minimum atomic E-state index is -0.223. The van der Waals surface area contributed by atoms with E-state index >= 15 is 0 Å². The summed E-state index contributed by atoms with van der Waals surface area (Å²) in [5, 5.41) is 3.42. The quantitative estimate of drug-likeness (QED) is 0.868. The highest BCUT2D eigenvalue weighted by molar-refractivity contribution is 5.30. The summed E-state index contributed by atoms with van der Waals surface area (Å²) in [4.78, 5) is 0. The first-order valence-corrected chi connectivity index (χ1v) is 7.34. The summed E-state index contributed by atoms with van der Waals surface area (Å²) < 4.78 is 24.7. The second-order valence-corrected chi connectivity index (χ2v) is 5.38. The summed E-state index contributed by atoms with van der Waals surface area (Å²) in [6, 6.07) is 5.00. The van der Waals surface area contributed by atoms with Gasteiger partial charge in [-0.15, -0.1) is 0 Å². The van der Waals surface area contributed by atoms with Crippen LogP contribution in [0.1, 0.15) is 38.3 Å². The molecule has 1 heterocycles. The SMILES string of the molecule is CCC1OCCC1CNC(C)c1ccc(OC)cc1F. The molecule has 1 aliphatic heterocycles. The van der Waals surface area contributed by atoms with Gasteiger partial charge in [0.25, 0.3) is 0 Å². The van der Waals surface area contributed by atoms with Crippen LogP contribution in [0.5, 0.6) is 5.75 Å². The third-order valence-corrected chi connectivity index (χ3v) is 4.11. The van der Waals surface area contributed by atoms with Crippen LogP contribution in [0.4, 0.5) is 4.39 Å². The topological polar surface area (TPSA) is 30.5 Å². The highest BCUT2D eigenvalue weighted by Gasteiger charge is 2.26. The fourth-order valence-corrected chi connectivity index (χ4v) is 2.80. The Labute approximate surface area is 120 Å². The van der Waals surface area contributed by atoms with Gasteiger partial charge in [0.15, 0.2) is 0 Å². The van der Waals surface area contributed by atoms with Gasteiger partial charge < -0.3 is 14.8 Å². The van der Waals surface area contributed by atoms with Gasteiger partial charge in [0.05, 0.1) is 13.2 Å². The molecule has 20 heavy (non-hydrogen) atoms. The van der Waals surface area contributed by atoms with E-state index in [1.165, 1.54) is 6.07 Å². The van der Waals surface area contributed by atoms with Crippen LogP contribution in [-0.4, -0.2) is 26.4 Å². The molecule has 3 nitrogen and oxygen atoms in total. The van der Waals surface area contributed by atoms with Crippen LogP contribution < -0.4 is 10.1 Å². The molecule has 112 valence electrons. The zero-order valence-electron chi connectivity index (χ0n) is 12.5. The van der Waals surface area contributed by atoms with E-state index in [2.05, 4.69) is 12.2 Å². The number of hydrogen-bond donors (Lipinski definition) is 1.